The van der Waals surface area contributed by atoms with Crippen molar-refractivity contribution in [3.63, 3.8) is 0 Å². The molecule has 0 aliphatic heterocycles. The molecule has 0 aromatic heterocycles. The Morgan fingerprint density at radius 3 is 2.33 bits per heavy atom. The molecule has 3 nitrogen and oxygen atoms in total. The fourth-order valence-electron chi connectivity index (χ4n) is 0.139. The molecule has 0 aliphatic rings. The van der Waals surface area contributed by atoms with E-state index in [1.807, 2.05) is 0 Å². The van der Waals surface area contributed by atoms with Crippen molar-refractivity contribution in [1.29, 1.82) is 0 Å². The molecule has 0 saturated carbocycles. The molecule has 0 bridgehead atoms. The molecule has 1 unspecified atom stereocenters. The molecular weight excluding hydrogens is 191 g/mol. The van der Waals surface area contributed by atoms with Gasteiger partial charge >= 0.3 is 29.6 Å². The normalized spacial score (nSPS) is 15.8. The Hall–Kier alpha value is 1.64. The SMILES string of the molecule is O=S([O-])(=S)OCCS.[Na+]. The summed E-state index contributed by atoms with van der Waals surface area (Å²) in [4.78, 5) is 0. The summed E-state index contributed by atoms with van der Waals surface area (Å²) >= 11 is 7.56. The van der Waals surface area contributed by atoms with Gasteiger partial charge in [-0.1, -0.05) is 0 Å². The van der Waals surface area contributed by atoms with E-state index in [-0.39, 0.29) is 36.2 Å². The van der Waals surface area contributed by atoms with Crippen LogP contribution in [0.3, 0.4) is 0 Å². The van der Waals surface area contributed by atoms with Gasteiger partial charge < -0.3 is 4.55 Å². The van der Waals surface area contributed by atoms with Gasteiger partial charge in [0.15, 0.2) is 0 Å². The summed E-state index contributed by atoms with van der Waals surface area (Å²) in [6.07, 6.45) is 0. The van der Waals surface area contributed by atoms with Crippen LogP contribution in [0.4, 0.5) is 0 Å². The van der Waals surface area contributed by atoms with Gasteiger partial charge in [-0.05, 0) is 11.2 Å². The number of thiol groups is 1. The van der Waals surface area contributed by atoms with Gasteiger partial charge in [0, 0.05) is 5.75 Å². The van der Waals surface area contributed by atoms with Crippen LogP contribution in [0.15, 0.2) is 0 Å². The molecule has 50 valence electrons. The van der Waals surface area contributed by atoms with Crippen LogP contribution in [0, 0.1) is 0 Å². The van der Waals surface area contributed by atoms with Gasteiger partial charge in [-0.25, -0.2) is 4.21 Å². The molecule has 0 amide bonds. The molecule has 0 radical (unpaired) electrons. The molecule has 0 N–H and O–H groups in total. The summed E-state index contributed by atoms with van der Waals surface area (Å²) < 4.78 is 24.0. The summed E-state index contributed by atoms with van der Waals surface area (Å²) in [7, 11) is -3.65. The van der Waals surface area contributed by atoms with E-state index in [2.05, 4.69) is 28.0 Å². The van der Waals surface area contributed by atoms with Crippen molar-refractivity contribution in [1.82, 2.24) is 0 Å². The predicted octanol–water partition coefficient (Wildman–Crippen LogP) is -3.27. The Morgan fingerprint density at radius 1 is 1.78 bits per heavy atom. The summed E-state index contributed by atoms with van der Waals surface area (Å²) in [6.45, 7) is 0.0505. The van der Waals surface area contributed by atoms with E-state index in [1.54, 1.807) is 0 Å². The minimum atomic E-state index is -3.65. The Bertz CT molecular complexity index is 141. The van der Waals surface area contributed by atoms with Gasteiger partial charge in [0.2, 0.25) is 0 Å². The largest absolute Gasteiger partial charge is 1.00 e. The van der Waals surface area contributed by atoms with Crippen LogP contribution in [0.2, 0.25) is 0 Å². The topological polar surface area (TPSA) is 49.4 Å². The molecule has 0 saturated heterocycles. The zero-order valence-corrected chi connectivity index (χ0v) is 9.43. The number of hydrogen-bond donors (Lipinski definition) is 1. The van der Waals surface area contributed by atoms with Gasteiger partial charge in [0.05, 0.1) is 15.7 Å². The molecular formula is C2H5NaO3S3. The summed E-state index contributed by atoms with van der Waals surface area (Å²) in [5.74, 6) is 0.357. The molecule has 0 spiro atoms. The van der Waals surface area contributed by atoms with Crippen LogP contribution in [-0.2, 0) is 24.4 Å². The molecule has 7 heteroatoms. The summed E-state index contributed by atoms with van der Waals surface area (Å²) in [5.41, 5.74) is 0. The quantitative estimate of drug-likeness (QED) is 0.380. The van der Waals surface area contributed by atoms with Crippen molar-refractivity contribution < 1.29 is 42.5 Å². The van der Waals surface area contributed by atoms with E-state index < -0.39 is 9.05 Å². The number of hydrogen-bond acceptors (Lipinski definition) is 5. The molecule has 0 rings (SSSR count). The first-order chi connectivity index (χ1) is 3.56. The standard InChI is InChI=1S/C2H6O3S3.Na/c3-8(4,7)5-1-2-6;/h6H,1-2H2,(H,3,4,7);/q;+1/p-1. The molecule has 1 atom stereocenters. The average Bonchev–Trinajstić information content (AvgIpc) is 1.59. The van der Waals surface area contributed by atoms with E-state index >= 15 is 0 Å². The Labute approximate surface area is 87.0 Å². The Kier molecular flexibility index (Phi) is 9.36. The van der Waals surface area contributed by atoms with Crippen LogP contribution in [0.1, 0.15) is 0 Å². The molecule has 0 fully saturated rings. The summed E-state index contributed by atoms with van der Waals surface area (Å²) in [6, 6.07) is 0. The van der Waals surface area contributed by atoms with E-state index in [4.69, 9.17) is 0 Å². The van der Waals surface area contributed by atoms with Crippen LogP contribution in [0.25, 0.3) is 0 Å². The molecule has 9 heavy (non-hydrogen) atoms. The van der Waals surface area contributed by atoms with Gasteiger partial charge in [-0.2, -0.15) is 12.6 Å². The third kappa shape index (κ3) is 12.8. The second-order valence-electron chi connectivity index (χ2n) is 0.954. The van der Waals surface area contributed by atoms with Crippen LogP contribution in [-0.4, -0.2) is 21.1 Å². The fraction of sp³-hybridized carbons (Fsp3) is 1.00. The van der Waals surface area contributed by atoms with Crippen molar-refractivity contribution in [2.75, 3.05) is 12.4 Å². The van der Waals surface area contributed by atoms with E-state index in [0.717, 1.165) is 0 Å². The second kappa shape index (κ2) is 6.36. The molecule has 0 aliphatic carbocycles. The first kappa shape index (κ1) is 13.2. The maximum atomic E-state index is 9.95. The van der Waals surface area contributed by atoms with E-state index in [0.29, 0.717) is 5.75 Å². The molecule has 0 aromatic carbocycles. The van der Waals surface area contributed by atoms with E-state index in [1.165, 1.54) is 0 Å². The Balaban J connectivity index is 0. The fourth-order valence-corrected chi connectivity index (χ4v) is 0.846. The van der Waals surface area contributed by atoms with Crippen molar-refractivity contribution in [2.45, 2.75) is 0 Å². The molecule has 0 aromatic rings. The maximum absolute atomic E-state index is 9.95. The third-order valence-corrected chi connectivity index (χ3v) is 1.25. The monoisotopic (exact) mass is 196 g/mol. The maximum Gasteiger partial charge on any atom is 1.00 e. The van der Waals surface area contributed by atoms with Crippen molar-refractivity contribution in [3.05, 3.63) is 0 Å². The molecule has 0 heterocycles. The zero-order chi connectivity index (χ0) is 6.62. The first-order valence-corrected chi connectivity index (χ1v) is 4.74. The van der Waals surface area contributed by atoms with E-state index in [9.17, 15) is 8.76 Å². The zero-order valence-electron chi connectivity index (χ0n) is 4.90. The predicted molar refractivity (Wildman–Crippen MR) is 36.1 cm³/mol. The van der Waals surface area contributed by atoms with Crippen LogP contribution < -0.4 is 29.6 Å². The van der Waals surface area contributed by atoms with Crippen molar-refractivity contribution >= 4 is 32.9 Å². The summed E-state index contributed by atoms with van der Waals surface area (Å²) in [5, 5.41) is 0. The number of rotatable bonds is 3. The van der Waals surface area contributed by atoms with Crippen molar-refractivity contribution in [3.8, 4) is 0 Å². The first-order valence-electron chi connectivity index (χ1n) is 1.77. The van der Waals surface area contributed by atoms with Gasteiger partial charge in [0.1, 0.15) is 0 Å². The van der Waals surface area contributed by atoms with Gasteiger partial charge in [-0.15, -0.1) is 0 Å². The average molecular weight is 196 g/mol. The second-order valence-corrected chi connectivity index (χ2v) is 3.68. The van der Waals surface area contributed by atoms with Crippen LogP contribution in [0.5, 0.6) is 0 Å². The van der Waals surface area contributed by atoms with Gasteiger partial charge in [-0.3, -0.25) is 4.18 Å². The van der Waals surface area contributed by atoms with Gasteiger partial charge in [0.25, 0.3) is 0 Å². The smallest absolute Gasteiger partial charge is 0.748 e. The Morgan fingerprint density at radius 2 is 2.22 bits per heavy atom. The minimum Gasteiger partial charge on any atom is -0.748 e. The van der Waals surface area contributed by atoms with Crippen molar-refractivity contribution in [2.24, 2.45) is 0 Å². The minimum absolute atomic E-state index is 0. The third-order valence-electron chi connectivity index (χ3n) is 0.319. The van der Waals surface area contributed by atoms with Crippen LogP contribution >= 0.6 is 12.6 Å².